The summed E-state index contributed by atoms with van der Waals surface area (Å²) < 4.78 is 0. The zero-order valence-electron chi connectivity index (χ0n) is 13.4. The predicted octanol–water partition coefficient (Wildman–Crippen LogP) is 2.48. The third kappa shape index (κ3) is 3.78. The molecule has 0 radical (unpaired) electrons. The molecule has 2 aliphatic rings. The summed E-state index contributed by atoms with van der Waals surface area (Å²) >= 11 is 0. The zero-order valence-corrected chi connectivity index (χ0v) is 13.4. The number of Topliss-reactive ketones (excluding diaryl/α,β-unsaturated/α-hetero) is 1. The van der Waals surface area contributed by atoms with E-state index in [1.54, 1.807) is 24.3 Å². The van der Waals surface area contributed by atoms with Crippen LogP contribution in [0.1, 0.15) is 43.0 Å². The second kappa shape index (κ2) is 6.52. The number of piperidine rings is 1. The highest BCUT2D eigenvalue weighted by Gasteiger charge is 2.35. The summed E-state index contributed by atoms with van der Waals surface area (Å²) in [5.41, 5.74) is 1.24. The van der Waals surface area contributed by atoms with Crippen LogP contribution in [0.3, 0.4) is 0 Å². The minimum atomic E-state index is -0.0702. The van der Waals surface area contributed by atoms with Gasteiger partial charge in [-0.1, -0.05) is 12.1 Å². The molecule has 1 heterocycles. The summed E-state index contributed by atoms with van der Waals surface area (Å²) in [6.45, 7) is 2.84. The summed E-state index contributed by atoms with van der Waals surface area (Å²) in [7, 11) is 0. The highest BCUT2D eigenvalue weighted by molar-refractivity contribution is 5.97. The predicted molar refractivity (Wildman–Crippen MR) is 87.1 cm³/mol. The Kier molecular flexibility index (Phi) is 4.46. The number of anilines is 1. The summed E-state index contributed by atoms with van der Waals surface area (Å²) in [5.74, 6) is 0.393. The Morgan fingerprint density at radius 2 is 1.74 bits per heavy atom. The van der Waals surface area contributed by atoms with E-state index in [1.807, 2.05) is 4.90 Å². The van der Waals surface area contributed by atoms with Crippen LogP contribution < -0.4 is 5.32 Å². The fraction of sp³-hybridized carbons (Fsp3) is 0.500. The molecule has 2 fully saturated rings. The Hall–Kier alpha value is -2.17. The summed E-state index contributed by atoms with van der Waals surface area (Å²) in [6.07, 6.45) is 3.45. The fourth-order valence-electron chi connectivity index (χ4n) is 3.01. The van der Waals surface area contributed by atoms with Crippen molar-refractivity contribution in [3.05, 3.63) is 29.8 Å². The molecule has 0 bridgehead atoms. The van der Waals surface area contributed by atoms with Crippen molar-refractivity contribution >= 4 is 23.3 Å². The number of nitrogens with zero attached hydrogens (tertiary/aromatic N) is 1. The normalized spacial score (nSPS) is 18.6. The molecule has 1 aliphatic heterocycles. The lowest BCUT2D eigenvalue weighted by Gasteiger charge is -2.31. The van der Waals surface area contributed by atoms with E-state index in [0.717, 1.165) is 12.8 Å². The van der Waals surface area contributed by atoms with Crippen molar-refractivity contribution < 1.29 is 14.4 Å². The first-order valence-electron chi connectivity index (χ1n) is 8.25. The Balaban J connectivity index is 1.54. The maximum atomic E-state index is 12.4. The van der Waals surface area contributed by atoms with Crippen LogP contribution in [-0.2, 0) is 9.59 Å². The SMILES string of the molecule is CC(=O)c1cccc(NC(=O)C2CCN(C(=O)C3CC3)CC2)c1. The average Bonchev–Trinajstić information content (AvgIpc) is 3.39. The van der Waals surface area contributed by atoms with Crippen molar-refractivity contribution in [2.75, 3.05) is 18.4 Å². The van der Waals surface area contributed by atoms with Crippen molar-refractivity contribution in [2.45, 2.75) is 32.6 Å². The molecular weight excluding hydrogens is 292 g/mol. The fourth-order valence-corrected chi connectivity index (χ4v) is 3.01. The summed E-state index contributed by atoms with van der Waals surface area (Å²) in [4.78, 5) is 37.7. The van der Waals surface area contributed by atoms with Crippen molar-refractivity contribution in [1.82, 2.24) is 4.90 Å². The van der Waals surface area contributed by atoms with Gasteiger partial charge in [0, 0.05) is 36.2 Å². The first-order valence-corrected chi connectivity index (χ1v) is 8.25. The monoisotopic (exact) mass is 314 g/mol. The number of carbonyl (C=O) groups excluding carboxylic acids is 3. The van der Waals surface area contributed by atoms with Gasteiger partial charge in [0.25, 0.3) is 0 Å². The molecule has 5 nitrogen and oxygen atoms in total. The van der Waals surface area contributed by atoms with Crippen LogP contribution >= 0.6 is 0 Å². The van der Waals surface area contributed by atoms with Gasteiger partial charge in [-0.2, -0.15) is 0 Å². The van der Waals surface area contributed by atoms with E-state index in [0.29, 0.717) is 37.2 Å². The molecule has 1 N–H and O–H groups in total. The summed E-state index contributed by atoms with van der Waals surface area (Å²) in [6, 6.07) is 6.99. The van der Waals surface area contributed by atoms with Gasteiger partial charge in [0.15, 0.2) is 5.78 Å². The molecule has 0 unspecified atom stereocenters. The van der Waals surface area contributed by atoms with Crippen LogP contribution in [0.5, 0.6) is 0 Å². The van der Waals surface area contributed by atoms with Gasteiger partial charge in [-0.05, 0) is 44.7 Å². The molecule has 1 aliphatic carbocycles. The van der Waals surface area contributed by atoms with Crippen molar-refractivity contribution in [3.8, 4) is 0 Å². The van der Waals surface area contributed by atoms with Gasteiger partial charge >= 0.3 is 0 Å². The standard InChI is InChI=1S/C18H22N2O3/c1-12(21)15-3-2-4-16(11-15)19-17(22)13-7-9-20(10-8-13)18(23)14-5-6-14/h2-4,11,13-14H,5-10H2,1H3,(H,19,22). The minimum absolute atomic E-state index is 0.0204. The number of likely N-dealkylation sites (tertiary alicyclic amines) is 1. The van der Waals surface area contributed by atoms with E-state index in [4.69, 9.17) is 0 Å². The molecule has 3 rings (SSSR count). The van der Waals surface area contributed by atoms with Crippen LogP contribution in [-0.4, -0.2) is 35.6 Å². The Morgan fingerprint density at radius 1 is 1.04 bits per heavy atom. The minimum Gasteiger partial charge on any atom is -0.342 e. The lowest BCUT2D eigenvalue weighted by molar-refractivity contribution is -0.135. The third-order valence-corrected chi connectivity index (χ3v) is 4.64. The molecule has 1 aromatic carbocycles. The van der Waals surface area contributed by atoms with E-state index < -0.39 is 0 Å². The highest BCUT2D eigenvalue weighted by Crippen LogP contribution is 2.32. The number of rotatable bonds is 4. The molecule has 0 spiro atoms. The Bertz CT molecular complexity index is 629. The van der Waals surface area contributed by atoms with Crippen LogP contribution in [0.2, 0.25) is 0 Å². The van der Waals surface area contributed by atoms with E-state index in [9.17, 15) is 14.4 Å². The van der Waals surface area contributed by atoms with Gasteiger partial charge < -0.3 is 10.2 Å². The van der Waals surface area contributed by atoms with E-state index in [2.05, 4.69) is 5.32 Å². The number of hydrogen-bond acceptors (Lipinski definition) is 3. The van der Waals surface area contributed by atoms with Crippen LogP contribution in [0.25, 0.3) is 0 Å². The molecule has 5 heteroatoms. The largest absolute Gasteiger partial charge is 0.342 e. The van der Waals surface area contributed by atoms with Crippen LogP contribution in [0.4, 0.5) is 5.69 Å². The highest BCUT2D eigenvalue weighted by atomic mass is 16.2. The average molecular weight is 314 g/mol. The van der Waals surface area contributed by atoms with Crippen LogP contribution in [0, 0.1) is 11.8 Å². The Morgan fingerprint density at radius 3 is 2.35 bits per heavy atom. The van der Waals surface area contributed by atoms with Gasteiger partial charge in [0.05, 0.1) is 0 Å². The van der Waals surface area contributed by atoms with E-state index >= 15 is 0 Å². The quantitative estimate of drug-likeness (QED) is 0.868. The number of amides is 2. The van der Waals surface area contributed by atoms with Crippen molar-refractivity contribution in [3.63, 3.8) is 0 Å². The lowest BCUT2D eigenvalue weighted by Crippen LogP contribution is -2.42. The van der Waals surface area contributed by atoms with Gasteiger partial charge in [-0.3, -0.25) is 14.4 Å². The number of carbonyl (C=O) groups is 3. The topological polar surface area (TPSA) is 66.5 Å². The maximum Gasteiger partial charge on any atom is 0.227 e. The molecule has 0 atom stereocenters. The number of ketones is 1. The molecule has 2 amide bonds. The zero-order chi connectivity index (χ0) is 16.4. The summed E-state index contributed by atoms with van der Waals surface area (Å²) in [5, 5.41) is 2.89. The molecule has 1 aromatic rings. The second-order valence-electron chi connectivity index (χ2n) is 6.50. The van der Waals surface area contributed by atoms with Gasteiger partial charge in [-0.25, -0.2) is 0 Å². The Labute approximate surface area is 136 Å². The number of hydrogen-bond donors (Lipinski definition) is 1. The van der Waals surface area contributed by atoms with Crippen LogP contribution in [0.15, 0.2) is 24.3 Å². The smallest absolute Gasteiger partial charge is 0.227 e. The third-order valence-electron chi connectivity index (χ3n) is 4.64. The van der Waals surface area contributed by atoms with Crippen molar-refractivity contribution in [1.29, 1.82) is 0 Å². The molecule has 0 aromatic heterocycles. The molecule has 23 heavy (non-hydrogen) atoms. The van der Waals surface area contributed by atoms with E-state index in [-0.39, 0.29) is 29.4 Å². The first kappa shape index (κ1) is 15.7. The second-order valence-corrected chi connectivity index (χ2v) is 6.50. The van der Waals surface area contributed by atoms with Gasteiger partial charge in [0.1, 0.15) is 0 Å². The molecule has 1 saturated carbocycles. The van der Waals surface area contributed by atoms with Gasteiger partial charge in [0.2, 0.25) is 11.8 Å². The molecule has 1 saturated heterocycles. The first-order chi connectivity index (χ1) is 11.0. The van der Waals surface area contributed by atoms with E-state index in [1.165, 1.54) is 6.92 Å². The number of benzene rings is 1. The molecule has 122 valence electrons. The maximum absolute atomic E-state index is 12.4. The number of nitrogens with one attached hydrogen (secondary N) is 1. The molecular formula is C18H22N2O3. The van der Waals surface area contributed by atoms with Gasteiger partial charge in [-0.15, -0.1) is 0 Å². The van der Waals surface area contributed by atoms with Crippen molar-refractivity contribution in [2.24, 2.45) is 11.8 Å². The lowest BCUT2D eigenvalue weighted by atomic mass is 9.95.